The molecule has 3 aromatic rings. The number of carbonyl (C=O) groups excluding carboxylic acids is 2. The van der Waals surface area contributed by atoms with Gasteiger partial charge in [-0.05, 0) is 43.7 Å². The molecule has 30 heavy (non-hydrogen) atoms. The van der Waals surface area contributed by atoms with E-state index >= 15 is 0 Å². The smallest absolute Gasteiger partial charge is 0.310 e. The monoisotopic (exact) mass is 425 g/mol. The third-order valence-electron chi connectivity index (χ3n) is 4.05. The standard InChI is InChI=1S/C21H23N5O3S/c1-4-29-20(28)11-15-8-9-22-19(10-15)26-18-7-5-6-16(25-18)17-12-23-21(30-17)13(2)24-14(3)27/h5-10,12-13H,4,11H2,1-3H3,(H,24,27)(H,22,25,26)/t13-/m0/s1. The number of amides is 1. The first-order valence-corrected chi connectivity index (χ1v) is 10.3. The van der Waals surface area contributed by atoms with Crippen molar-refractivity contribution in [1.29, 1.82) is 0 Å². The number of thiazole rings is 1. The number of hydrogen-bond acceptors (Lipinski definition) is 8. The van der Waals surface area contributed by atoms with E-state index in [0.29, 0.717) is 18.2 Å². The molecule has 0 fully saturated rings. The van der Waals surface area contributed by atoms with E-state index in [1.807, 2.05) is 25.1 Å². The molecule has 0 radical (unpaired) electrons. The lowest BCUT2D eigenvalue weighted by Crippen LogP contribution is -2.23. The number of pyridine rings is 2. The normalized spacial score (nSPS) is 11.6. The summed E-state index contributed by atoms with van der Waals surface area (Å²) in [4.78, 5) is 37.2. The van der Waals surface area contributed by atoms with Gasteiger partial charge in [-0.15, -0.1) is 11.3 Å². The van der Waals surface area contributed by atoms with E-state index in [2.05, 4.69) is 25.6 Å². The number of carbonyl (C=O) groups is 2. The topological polar surface area (TPSA) is 106 Å². The summed E-state index contributed by atoms with van der Waals surface area (Å²) < 4.78 is 4.99. The molecule has 9 heteroatoms. The average molecular weight is 426 g/mol. The molecule has 3 rings (SSSR count). The van der Waals surface area contributed by atoms with Crippen LogP contribution in [0.1, 0.15) is 37.4 Å². The van der Waals surface area contributed by atoms with Gasteiger partial charge in [0.25, 0.3) is 0 Å². The van der Waals surface area contributed by atoms with Crippen molar-refractivity contribution in [1.82, 2.24) is 20.3 Å². The van der Waals surface area contributed by atoms with E-state index in [0.717, 1.165) is 21.1 Å². The number of ether oxygens (including phenoxy) is 1. The minimum absolute atomic E-state index is 0.0961. The van der Waals surface area contributed by atoms with Crippen molar-refractivity contribution in [2.75, 3.05) is 11.9 Å². The zero-order valence-electron chi connectivity index (χ0n) is 17.0. The lowest BCUT2D eigenvalue weighted by molar-refractivity contribution is -0.142. The molecule has 0 unspecified atom stereocenters. The van der Waals surface area contributed by atoms with Gasteiger partial charge < -0.3 is 15.4 Å². The SMILES string of the molecule is CCOC(=O)Cc1ccnc(Nc2cccc(-c3cnc([C@H](C)NC(C)=O)s3)n2)c1. The van der Waals surface area contributed by atoms with Gasteiger partial charge in [-0.3, -0.25) is 9.59 Å². The molecule has 156 valence electrons. The lowest BCUT2D eigenvalue weighted by atomic mass is 10.2. The molecule has 3 aromatic heterocycles. The Hall–Kier alpha value is -3.33. The van der Waals surface area contributed by atoms with E-state index in [1.165, 1.54) is 18.3 Å². The van der Waals surface area contributed by atoms with Crippen LogP contribution in [0.2, 0.25) is 0 Å². The molecule has 0 aliphatic heterocycles. The Balaban J connectivity index is 1.73. The fourth-order valence-electron chi connectivity index (χ4n) is 2.78. The zero-order chi connectivity index (χ0) is 21.5. The summed E-state index contributed by atoms with van der Waals surface area (Å²) in [6.45, 7) is 5.51. The van der Waals surface area contributed by atoms with Gasteiger partial charge in [-0.1, -0.05) is 6.07 Å². The average Bonchev–Trinajstić information content (AvgIpc) is 3.19. The fraction of sp³-hybridized carbons (Fsp3) is 0.286. The molecule has 0 saturated carbocycles. The predicted octanol–water partition coefficient (Wildman–Crippen LogP) is 3.65. The summed E-state index contributed by atoms with van der Waals surface area (Å²) in [5, 5.41) is 6.81. The van der Waals surface area contributed by atoms with Crippen LogP contribution < -0.4 is 10.6 Å². The number of nitrogens with one attached hydrogen (secondary N) is 2. The van der Waals surface area contributed by atoms with Crippen LogP contribution in [0.15, 0.2) is 42.7 Å². The second-order valence-electron chi connectivity index (χ2n) is 6.55. The number of nitrogens with zero attached hydrogens (tertiary/aromatic N) is 3. The second kappa shape index (κ2) is 9.93. The molecule has 0 aromatic carbocycles. The Morgan fingerprint density at radius 1 is 1.20 bits per heavy atom. The van der Waals surface area contributed by atoms with Crippen molar-refractivity contribution in [3.8, 4) is 10.6 Å². The summed E-state index contributed by atoms with van der Waals surface area (Å²) in [6.07, 6.45) is 3.58. The quantitative estimate of drug-likeness (QED) is 0.531. The summed E-state index contributed by atoms with van der Waals surface area (Å²) in [5.41, 5.74) is 1.57. The molecule has 3 heterocycles. The van der Waals surface area contributed by atoms with E-state index in [9.17, 15) is 9.59 Å². The number of aromatic nitrogens is 3. The van der Waals surface area contributed by atoms with Crippen molar-refractivity contribution in [3.63, 3.8) is 0 Å². The Bertz CT molecular complexity index is 1040. The highest BCUT2D eigenvalue weighted by atomic mass is 32.1. The highest BCUT2D eigenvalue weighted by molar-refractivity contribution is 7.15. The largest absolute Gasteiger partial charge is 0.466 e. The summed E-state index contributed by atoms with van der Waals surface area (Å²) in [6, 6.07) is 9.05. The van der Waals surface area contributed by atoms with Crippen molar-refractivity contribution in [2.24, 2.45) is 0 Å². The van der Waals surface area contributed by atoms with Crippen LogP contribution in [-0.4, -0.2) is 33.4 Å². The van der Waals surface area contributed by atoms with Gasteiger partial charge >= 0.3 is 5.97 Å². The van der Waals surface area contributed by atoms with E-state index in [4.69, 9.17) is 4.74 Å². The molecule has 0 spiro atoms. The maximum absolute atomic E-state index is 11.7. The Morgan fingerprint density at radius 3 is 2.80 bits per heavy atom. The van der Waals surface area contributed by atoms with E-state index < -0.39 is 0 Å². The van der Waals surface area contributed by atoms with Crippen LogP contribution in [0.3, 0.4) is 0 Å². The first-order chi connectivity index (χ1) is 14.4. The van der Waals surface area contributed by atoms with Crippen molar-refractivity contribution in [3.05, 3.63) is 53.3 Å². The van der Waals surface area contributed by atoms with Gasteiger partial charge in [0.1, 0.15) is 16.6 Å². The third-order valence-corrected chi connectivity index (χ3v) is 5.25. The minimum atomic E-state index is -0.274. The van der Waals surface area contributed by atoms with Gasteiger partial charge in [0.2, 0.25) is 5.91 Å². The highest BCUT2D eigenvalue weighted by Crippen LogP contribution is 2.29. The van der Waals surface area contributed by atoms with Crippen LogP contribution in [0, 0.1) is 0 Å². The van der Waals surface area contributed by atoms with Gasteiger partial charge in [0.05, 0.1) is 29.6 Å². The summed E-state index contributed by atoms with van der Waals surface area (Å²) >= 11 is 1.48. The Morgan fingerprint density at radius 2 is 2.03 bits per heavy atom. The Kier molecular flexibility index (Phi) is 7.08. The highest BCUT2D eigenvalue weighted by Gasteiger charge is 2.13. The van der Waals surface area contributed by atoms with Crippen molar-refractivity contribution in [2.45, 2.75) is 33.2 Å². The number of rotatable bonds is 8. The molecular weight excluding hydrogens is 402 g/mol. The molecule has 1 atom stereocenters. The number of hydrogen-bond donors (Lipinski definition) is 2. The first-order valence-electron chi connectivity index (χ1n) is 9.52. The van der Waals surface area contributed by atoms with Crippen LogP contribution >= 0.6 is 11.3 Å². The molecule has 0 bridgehead atoms. The summed E-state index contributed by atoms with van der Waals surface area (Å²) in [7, 11) is 0. The third kappa shape index (κ3) is 5.84. The summed E-state index contributed by atoms with van der Waals surface area (Å²) in [5.74, 6) is 0.842. The van der Waals surface area contributed by atoms with Gasteiger partial charge in [0.15, 0.2) is 0 Å². The van der Waals surface area contributed by atoms with Gasteiger partial charge in [-0.2, -0.15) is 0 Å². The predicted molar refractivity (Wildman–Crippen MR) is 115 cm³/mol. The maximum atomic E-state index is 11.7. The minimum Gasteiger partial charge on any atom is -0.466 e. The van der Waals surface area contributed by atoms with Crippen molar-refractivity contribution < 1.29 is 14.3 Å². The van der Waals surface area contributed by atoms with Crippen LogP contribution in [0.5, 0.6) is 0 Å². The Labute approximate surface area is 178 Å². The first kappa shape index (κ1) is 21.4. The molecule has 0 aliphatic rings. The van der Waals surface area contributed by atoms with Gasteiger partial charge in [-0.25, -0.2) is 15.0 Å². The van der Waals surface area contributed by atoms with Crippen molar-refractivity contribution >= 4 is 34.8 Å². The second-order valence-corrected chi connectivity index (χ2v) is 7.61. The van der Waals surface area contributed by atoms with Crippen LogP contribution in [0.25, 0.3) is 10.6 Å². The number of esters is 1. The molecular formula is C21H23N5O3S. The van der Waals surface area contributed by atoms with E-state index in [1.54, 1.807) is 31.5 Å². The zero-order valence-corrected chi connectivity index (χ0v) is 17.8. The van der Waals surface area contributed by atoms with Crippen LogP contribution in [-0.2, 0) is 20.7 Å². The molecule has 8 nitrogen and oxygen atoms in total. The molecule has 0 saturated heterocycles. The van der Waals surface area contributed by atoms with Gasteiger partial charge in [0, 0.05) is 19.3 Å². The maximum Gasteiger partial charge on any atom is 0.310 e. The molecule has 0 aliphatic carbocycles. The van der Waals surface area contributed by atoms with Crippen LogP contribution in [0.4, 0.5) is 11.6 Å². The molecule has 2 N–H and O–H groups in total. The fourth-order valence-corrected chi connectivity index (χ4v) is 3.67. The molecule has 1 amide bonds. The number of anilines is 2. The van der Waals surface area contributed by atoms with E-state index in [-0.39, 0.29) is 24.3 Å². The lowest BCUT2D eigenvalue weighted by Gasteiger charge is -2.08.